The van der Waals surface area contributed by atoms with Crippen LogP contribution < -0.4 is 14.4 Å². The fourth-order valence-corrected chi connectivity index (χ4v) is 4.34. The molecule has 0 atom stereocenters. The lowest BCUT2D eigenvalue weighted by Crippen LogP contribution is -2.48. The highest BCUT2D eigenvalue weighted by atomic mass is 19.1. The Morgan fingerprint density at radius 1 is 0.889 bits per heavy atom. The molecule has 0 saturated carbocycles. The number of carbonyl (C=O) groups is 1. The van der Waals surface area contributed by atoms with Crippen LogP contribution in [-0.2, 0) is 12.0 Å². The summed E-state index contributed by atoms with van der Waals surface area (Å²) in [6, 6.07) is 20.2. The molecule has 1 heterocycles. The van der Waals surface area contributed by atoms with Gasteiger partial charge in [-0.05, 0) is 72.5 Å². The number of anilines is 1. The molecule has 0 bridgehead atoms. The van der Waals surface area contributed by atoms with Gasteiger partial charge in [-0.2, -0.15) is 0 Å². The van der Waals surface area contributed by atoms with Gasteiger partial charge in [-0.3, -0.25) is 4.79 Å². The van der Waals surface area contributed by atoms with Gasteiger partial charge in [0, 0.05) is 43.0 Å². The zero-order valence-electron chi connectivity index (χ0n) is 21.6. The van der Waals surface area contributed by atoms with Crippen molar-refractivity contribution >= 4 is 11.6 Å². The second-order valence-electron chi connectivity index (χ2n) is 10.1. The lowest BCUT2D eigenvalue weighted by atomic mass is 9.87. The first-order valence-electron chi connectivity index (χ1n) is 12.5. The predicted octanol–water partition coefficient (Wildman–Crippen LogP) is 6.06. The van der Waals surface area contributed by atoms with Crippen LogP contribution in [0.3, 0.4) is 0 Å². The van der Waals surface area contributed by atoms with Crippen molar-refractivity contribution in [1.29, 1.82) is 0 Å². The zero-order chi connectivity index (χ0) is 25.7. The molecule has 5 nitrogen and oxygen atoms in total. The van der Waals surface area contributed by atoms with Crippen LogP contribution in [0.1, 0.15) is 49.2 Å². The third-order valence-electron chi connectivity index (χ3n) is 6.48. The van der Waals surface area contributed by atoms with E-state index in [1.54, 1.807) is 12.1 Å². The molecule has 0 spiro atoms. The minimum Gasteiger partial charge on any atom is -0.493 e. The smallest absolute Gasteiger partial charge is 0.253 e. The van der Waals surface area contributed by atoms with E-state index in [4.69, 9.17) is 9.47 Å². The number of rotatable bonds is 7. The second kappa shape index (κ2) is 11.0. The summed E-state index contributed by atoms with van der Waals surface area (Å²) in [6.45, 7) is 12.0. The Balaban J connectivity index is 1.42. The Morgan fingerprint density at radius 2 is 1.56 bits per heavy atom. The summed E-state index contributed by atoms with van der Waals surface area (Å²) >= 11 is 0. The molecular weight excluding hydrogens is 455 g/mol. The maximum atomic E-state index is 13.3. The van der Waals surface area contributed by atoms with Crippen molar-refractivity contribution in [1.82, 2.24) is 4.90 Å². The minimum atomic E-state index is -0.246. The number of carbonyl (C=O) groups excluding carboxylic acids is 1. The van der Waals surface area contributed by atoms with E-state index in [1.165, 1.54) is 17.7 Å². The SMILES string of the molecule is CCOc1ccc(C(=O)N2CCN(c3ccc(F)cc3)CC2)cc1COc1ccc(C(C)(C)C)cc1. The average molecular weight is 491 g/mol. The molecule has 1 fully saturated rings. The van der Waals surface area contributed by atoms with Gasteiger partial charge in [0.05, 0.1) is 6.61 Å². The van der Waals surface area contributed by atoms with E-state index in [9.17, 15) is 9.18 Å². The summed E-state index contributed by atoms with van der Waals surface area (Å²) in [7, 11) is 0. The monoisotopic (exact) mass is 490 g/mol. The summed E-state index contributed by atoms with van der Waals surface area (Å²) in [5, 5.41) is 0. The molecule has 3 aromatic carbocycles. The molecule has 0 aliphatic carbocycles. The Bertz CT molecular complexity index is 1160. The molecule has 6 heteroatoms. The van der Waals surface area contributed by atoms with Crippen LogP contribution in [0.4, 0.5) is 10.1 Å². The highest BCUT2D eigenvalue weighted by Gasteiger charge is 2.23. The van der Waals surface area contributed by atoms with E-state index in [0.29, 0.717) is 45.0 Å². The maximum absolute atomic E-state index is 13.3. The number of hydrogen-bond donors (Lipinski definition) is 0. The number of ether oxygens (including phenoxy) is 2. The van der Waals surface area contributed by atoms with Crippen LogP contribution in [0.25, 0.3) is 0 Å². The molecule has 190 valence electrons. The highest BCUT2D eigenvalue weighted by Crippen LogP contribution is 2.27. The van der Waals surface area contributed by atoms with E-state index in [0.717, 1.165) is 22.7 Å². The Morgan fingerprint density at radius 3 is 2.17 bits per heavy atom. The third-order valence-corrected chi connectivity index (χ3v) is 6.48. The molecule has 1 aliphatic rings. The van der Waals surface area contributed by atoms with Crippen molar-refractivity contribution in [2.24, 2.45) is 0 Å². The maximum Gasteiger partial charge on any atom is 0.253 e. The molecule has 4 rings (SSSR count). The minimum absolute atomic E-state index is 0.00687. The molecule has 1 amide bonds. The predicted molar refractivity (Wildman–Crippen MR) is 142 cm³/mol. The fraction of sp³-hybridized carbons (Fsp3) is 0.367. The quantitative estimate of drug-likeness (QED) is 0.404. The summed E-state index contributed by atoms with van der Waals surface area (Å²) in [5.41, 5.74) is 3.76. The van der Waals surface area contributed by atoms with Crippen molar-refractivity contribution in [3.8, 4) is 11.5 Å². The number of nitrogens with zero attached hydrogens (tertiary/aromatic N) is 2. The molecule has 1 aliphatic heterocycles. The number of hydrogen-bond acceptors (Lipinski definition) is 4. The number of halogens is 1. The molecule has 3 aromatic rings. The first-order valence-corrected chi connectivity index (χ1v) is 12.5. The molecule has 0 aromatic heterocycles. The molecule has 36 heavy (non-hydrogen) atoms. The van der Waals surface area contributed by atoms with Crippen molar-refractivity contribution in [2.75, 3.05) is 37.7 Å². The Hall–Kier alpha value is -3.54. The van der Waals surface area contributed by atoms with Crippen molar-refractivity contribution in [3.05, 3.63) is 89.2 Å². The van der Waals surface area contributed by atoms with E-state index in [-0.39, 0.29) is 17.1 Å². The number of piperazine rings is 1. The normalized spacial score (nSPS) is 14.0. The van der Waals surface area contributed by atoms with E-state index < -0.39 is 0 Å². The fourth-order valence-electron chi connectivity index (χ4n) is 4.34. The van der Waals surface area contributed by atoms with Gasteiger partial charge in [0.15, 0.2) is 0 Å². The topological polar surface area (TPSA) is 42.0 Å². The average Bonchev–Trinajstić information content (AvgIpc) is 2.88. The van der Waals surface area contributed by atoms with Crippen LogP contribution in [0.15, 0.2) is 66.7 Å². The van der Waals surface area contributed by atoms with Gasteiger partial charge < -0.3 is 19.3 Å². The molecular formula is C30H35FN2O3. The van der Waals surface area contributed by atoms with Crippen molar-refractivity contribution in [3.63, 3.8) is 0 Å². The second-order valence-corrected chi connectivity index (χ2v) is 10.1. The van der Waals surface area contributed by atoms with Crippen molar-refractivity contribution < 1.29 is 18.7 Å². The Labute approximate surface area is 213 Å². The molecule has 1 saturated heterocycles. The first-order chi connectivity index (χ1) is 17.2. The van der Waals surface area contributed by atoms with E-state index >= 15 is 0 Å². The van der Waals surface area contributed by atoms with Crippen LogP contribution in [0.5, 0.6) is 11.5 Å². The largest absolute Gasteiger partial charge is 0.493 e. The van der Waals surface area contributed by atoms with Gasteiger partial charge in [0.1, 0.15) is 23.9 Å². The number of benzene rings is 3. The van der Waals surface area contributed by atoms with Crippen LogP contribution >= 0.6 is 0 Å². The lowest BCUT2D eigenvalue weighted by molar-refractivity contribution is 0.0746. The van der Waals surface area contributed by atoms with Crippen LogP contribution in [0, 0.1) is 5.82 Å². The van der Waals surface area contributed by atoms with Gasteiger partial charge in [-0.15, -0.1) is 0 Å². The van der Waals surface area contributed by atoms with Gasteiger partial charge in [0.2, 0.25) is 0 Å². The first kappa shape index (κ1) is 25.5. The zero-order valence-corrected chi connectivity index (χ0v) is 21.6. The van der Waals surface area contributed by atoms with Gasteiger partial charge in [-0.25, -0.2) is 4.39 Å². The Kier molecular flexibility index (Phi) is 7.82. The van der Waals surface area contributed by atoms with Gasteiger partial charge in [-0.1, -0.05) is 32.9 Å². The van der Waals surface area contributed by atoms with Crippen LogP contribution in [-0.4, -0.2) is 43.6 Å². The van der Waals surface area contributed by atoms with Gasteiger partial charge in [0.25, 0.3) is 5.91 Å². The number of amides is 1. The van der Waals surface area contributed by atoms with E-state index in [2.05, 4.69) is 37.8 Å². The highest BCUT2D eigenvalue weighted by molar-refractivity contribution is 5.94. The lowest BCUT2D eigenvalue weighted by Gasteiger charge is -2.36. The molecule has 0 N–H and O–H groups in total. The summed E-state index contributed by atoms with van der Waals surface area (Å²) in [5.74, 6) is 1.25. The van der Waals surface area contributed by atoms with Crippen LogP contribution in [0.2, 0.25) is 0 Å². The summed E-state index contributed by atoms with van der Waals surface area (Å²) in [6.07, 6.45) is 0. The molecule has 0 radical (unpaired) electrons. The standard InChI is InChI=1S/C30H35FN2O3/c1-5-35-28-15-6-22(20-23(28)21-36-27-13-7-24(8-14-27)30(2,3)4)29(34)33-18-16-32(17-19-33)26-11-9-25(31)10-12-26/h6-15,20H,5,16-19,21H2,1-4H3. The van der Waals surface area contributed by atoms with Gasteiger partial charge >= 0.3 is 0 Å². The summed E-state index contributed by atoms with van der Waals surface area (Å²) in [4.78, 5) is 17.3. The van der Waals surface area contributed by atoms with E-state index in [1.807, 2.05) is 42.2 Å². The summed E-state index contributed by atoms with van der Waals surface area (Å²) < 4.78 is 25.1. The molecule has 0 unspecified atom stereocenters. The third kappa shape index (κ3) is 6.17. The van der Waals surface area contributed by atoms with Crippen molar-refractivity contribution in [2.45, 2.75) is 39.7 Å².